The van der Waals surface area contributed by atoms with Crippen LogP contribution in [0.1, 0.15) is 32.6 Å². The summed E-state index contributed by atoms with van der Waals surface area (Å²) in [4.78, 5) is 9.68. The summed E-state index contributed by atoms with van der Waals surface area (Å²) in [7, 11) is 1.99. The SMILES string of the molecule is CC1CCCC(N(C)c2cc(F)ncn2)C1. The van der Waals surface area contributed by atoms with Crippen LogP contribution < -0.4 is 4.90 Å². The largest absolute Gasteiger partial charge is 0.356 e. The molecule has 0 aliphatic heterocycles. The molecule has 1 saturated carbocycles. The van der Waals surface area contributed by atoms with E-state index in [0.29, 0.717) is 11.9 Å². The zero-order valence-electron chi connectivity index (χ0n) is 9.86. The van der Waals surface area contributed by atoms with Crippen molar-refractivity contribution < 1.29 is 4.39 Å². The third-order valence-corrected chi connectivity index (χ3v) is 3.44. The summed E-state index contributed by atoms with van der Waals surface area (Å²) < 4.78 is 13.0. The maximum atomic E-state index is 13.0. The average molecular weight is 223 g/mol. The number of halogens is 1. The molecule has 1 aliphatic carbocycles. The van der Waals surface area contributed by atoms with Gasteiger partial charge in [-0.2, -0.15) is 4.39 Å². The van der Waals surface area contributed by atoms with Crippen molar-refractivity contribution in [3.05, 3.63) is 18.3 Å². The van der Waals surface area contributed by atoms with Crippen LogP contribution in [0.4, 0.5) is 10.2 Å². The minimum atomic E-state index is -0.458. The smallest absolute Gasteiger partial charge is 0.218 e. The predicted octanol–water partition coefficient (Wildman–Crippen LogP) is 2.63. The van der Waals surface area contributed by atoms with Gasteiger partial charge >= 0.3 is 0 Å². The topological polar surface area (TPSA) is 29.0 Å². The van der Waals surface area contributed by atoms with Crippen molar-refractivity contribution in [1.29, 1.82) is 0 Å². The van der Waals surface area contributed by atoms with E-state index < -0.39 is 5.95 Å². The summed E-state index contributed by atoms with van der Waals surface area (Å²) in [5.74, 6) is 0.986. The first-order chi connectivity index (χ1) is 7.66. The molecule has 2 unspecified atom stereocenters. The molecular weight excluding hydrogens is 205 g/mol. The van der Waals surface area contributed by atoms with Crippen LogP contribution in [0.3, 0.4) is 0 Å². The highest BCUT2D eigenvalue weighted by Gasteiger charge is 2.23. The molecule has 0 amide bonds. The third kappa shape index (κ3) is 2.49. The van der Waals surface area contributed by atoms with Gasteiger partial charge in [-0.3, -0.25) is 0 Å². The Morgan fingerprint density at radius 1 is 1.38 bits per heavy atom. The molecule has 1 heterocycles. The van der Waals surface area contributed by atoms with E-state index in [2.05, 4.69) is 21.8 Å². The first kappa shape index (κ1) is 11.3. The Kier molecular flexibility index (Phi) is 3.36. The Bertz CT molecular complexity index is 356. The number of hydrogen-bond donors (Lipinski definition) is 0. The molecule has 3 nitrogen and oxygen atoms in total. The second-order valence-corrected chi connectivity index (χ2v) is 4.74. The molecule has 2 atom stereocenters. The molecule has 0 radical (unpaired) electrons. The molecular formula is C12H18FN3. The third-order valence-electron chi connectivity index (χ3n) is 3.44. The molecule has 0 bridgehead atoms. The molecule has 0 saturated heterocycles. The standard InChI is InChI=1S/C12H18FN3/c1-9-4-3-5-10(6-9)16(2)12-7-11(13)14-8-15-12/h7-10H,3-6H2,1-2H3. The van der Waals surface area contributed by atoms with Crippen molar-refractivity contribution >= 4 is 5.82 Å². The van der Waals surface area contributed by atoms with Crippen molar-refractivity contribution in [3.63, 3.8) is 0 Å². The van der Waals surface area contributed by atoms with Crippen molar-refractivity contribution in [1.82, 2.24) is 9.97 Å². The van der Waals surface area contributed by atoms with E-state index in [1.807, 2.05) is 7.05 Å². The van der Waals surface area contributed by atoms with Crippen LogP contribution in [-0.4, -0.2) is 23.1 Å². The van der Waals surface area contributed by atoms with Crippen LogP contribution in [0, 0.1) is 11.9 Å². The molecule has 1 fully saturated rings. The van der Waals surface area contributed by atoms with E-state index in [-0.39, 0.29) is 0 Å². The first-order valence-electron chi connectivity index (χ1n) is 5.87. The molecule has 1 aromatic heterocycles. The molecule has 88 valence electrons. The number of hydrogen-bond acceptors (Lipinski definition) is 3. The Labute approximate surface area is 95.7 Å². The molecule has 0 N–H and O–H groups in total. The highest BCUT2D eigenvalue weighted by atomic mass is 19.1. The summed E-state index contributed by atoms with van der Waals surface area (Å²) in [6.07, 6.45) is 6.19. The van der Waals surface area contributed by atoms with Crippen LogP contribution >= 0.6 is 0 Å². The van der Waals surface area contributed by atoms with Gasteiger partial charge in [0.2, 0.25) is 5.95 Å². The van der Waals surface area contributed by atoms with Crippen LogP contribution in [0.5, 0.6) is 0 Å². The van der Waals surface area contributed by atoms with Crippen molar-refractivity contribution in [2.75, 3.05) is 11.9 Å². The Morgan fingerprint density at radius 2 is 2.19 bits per heavy atom. The van der Waals surface area contributed by atoms with Crippen molar-refractivity contribution in [2.45, 2.75) is 38.6 Å². The van der Waals surface area contributed by atoms with E-state index >= 15 is 0 Å². The molecule has 16 heavy (non-hydrogen) atoms. The fourth-order valence-electron chi connectivity index (χ4n) is 2.46. The number of nitrogens with zero attached hydrogens (tertiary/aromatic N) is 3. The maximum Gasteiger partial charge on any atom is 0.218 e. The zero-order valence-corrected chi connectivity index (χ0v) is 9.86. The summed E-state index contributed by atoms with van der Waals surface area (Å²) in [6, 6.07) is 1.89. The average Bonchev–Trinajstić information content (AvgIpc) is 2.28. The lowest BCUT2D eigenvalue weighted by molar-refractivity contribution is 0.335. The Balaban J connectivity index is 2.09. The maximum absolute atomic E-state index is 13.0. The van der Waals surface area contributed by atoms with E-state index in [1.54, 1.807) is 0 Å². The van der Waals surface area contributed by atoms with Gasteiger partial charge in [-0.25, -0.2) is 9.97 Å². The quantitative estimate of drug-likeness (QED) is 0.722. The summed E-state index contributed by atoms with van der Waals surface area (Å²) in [5, 5.41) is 0. The Hall–Kier alpha value is -1.19. The monoisotopic (exact) mass is 223 g/mol. The minimum absolute atomic E-state index is 0.458. The van der Waals surface area contributed by atoms with Gasteiger partial charge in [-0.15, -0.1) is 0 Å². The number of aromatic nitrogens is 2. The summed E-state index contributed by atoms with van der Waals surface area (Å²) >= 11 is 0. The molecule has 0 aromatic carbocycles. The summed E-state index contributed by atoms with van der Waals surface area (Å²) in [5.41, 5.74) is 0. The van der Waals surface area contributed by atoms with Crippen molar-refractivity contribution in [2.24, 2.45) is 5.92 Å². The lowest BCUT2D eigenvalue weighted by Crippen LogP contribution is -2.36. The van der Waals surface area contributed by atoms with E-state index in [4.69, 9.17) is 0 Å². The van der Waals surface area contributed by atoms with Gasteiger partial charge in [-0.1, -0.05) is 19.8 Å². The fourth-order valence-corrected chi connectivity index (χ4v) is 2.46. The van der Waals surface area contributed by atoms with Gasteiger partial charge in [0.1, 0.15) is 12.1 Å². The van der Waals surface area contributed by atoms with Crippen LogP contribution in [0.15, 0.2) is 12.4 Å². The van der Waals surface area contributed by atoms with Gasteiger partial charge in [0.05, 0.1) is 0 Å². The van der Waals surface area contributed by atoms with Gasteiger partial charge < -0.3 is 4.90 Å². The van der Waals surface area contributed by atoms with E-state index in [0.717, 1.165) is 5.92 Å². The van der Waals surface area contributed by atoms with E-state index in [9.17, 15) is 4.39 Å². The lowest BCUT2D eigenvalue weighted by atomic mass is 9.86. The van der Waals surface area contributed by atoms with Gasteiger partial charge in [-0.05, 0) is 18.8 Å². The minimum Gasteiger partial charge on any atom is -0.356 e. The normalized spacial score (nSPS) is 25.4. The lowest BCUT2D eigenvalue weighted by Gasteiger charge is -2.34. The fraction of sp³-hybridized carbons (Fsp3) is 0.667. The van der Waals surface area contributed by atoms with Crippen LogP contribution in [-0.2, 0) is 0 Å². The highest BCUT2D eigenvalue weighted by Crippen LogP contribution is 2.28. The van der Waals surface area contributed by atoms with Gasteiger partial charge in [0.25, 0.3) is 0 Å². The molecule has 1 aliphatic rings. The van der Waals surface area contributed by atoms with Crippen LogP contribution in [0.2, 0.25) is 0 Å². The molecule has 2 rings (SSSR count). The van der Waals surface area contributed by atoms with Gasteiger partial charge in [0.15, 0.2) is 0 Å². The molecule has 0 spiro atoms. The summed E-state index contributed by atoms with van der Waals surface area (Å²) in [6.45, 7) is 2.28. The molecule has 1 aromatic rings. The van der Waals surface area contributed by atoms with E-state index in [1.165, 1.54) is 38.1 Å². The zero-order chi connectivity index (χ0) is 11.5. The van der Waals surface area contributed by atoms with Crippen LogP contribution in [0.25, 0.3) is 0 Å². The number of anilines is 1. The van der Waals surface area contributed by atoms with Gasteiger partial charge in [0, 0.05) is 19.2 Å². The van der Waals surface area contributed by atoms with Crippen molar-refractivity contribution in [3.8, 4) is 0 Å². The highest BCUT2D eigenvalue weighted by molar-refractivity contribution is 5.37. The predicted molar refractivity (Wildman–Crippen MR) is 61.8 cm³/mol. The second kappa shape index (κ2) is 4.76. The Morgan fingerprint density at radius 3 is 2.88 bits per heavy atom. The number of rotatable bonds is 2. The second-order valence-electron chi connectivity index (χ2n) is 4.74. The molecule has 4 heteroatoms. The first-order valence-corrected chi connectivity index (χ1v) is 5.87.